The van der Waals surface area contributed by atoms with Crippen molar-refractivity contribution < 1.29 is 4.42 Å². The highest BCUT2D eigenvalue weighted by molar-refractivity contribution is 6.19. The van der Waals surface area contributed by atoms with Crippen LogP contribution in [0.25, 0.3) is 94.8 Å². The minimum absolute atomic E-state index is 0.620. The molecule has 0 unspecified atom stereocenters. The lowest BCUT2D eigenvalue weighted by Gasteiger charge is -2.12. The summed E-state index contributed by atoms with van der Waals surface area (Å²) in [5.74, 6) is 0.620. The molecule has 5 aromatic carbocycles. The van der Waals surface area contributed by atoms with Crippen molar-refractivity contribution in [2.45, 2.75) is 0 Å². The Morgan fingerprint density at radius 3 is 1.71 bits per heavy atom. The lowest BCUT2D eigenvalue weighted by atomic mass is 9.98. The number of nitrogens with zero attached hydrogens (tertiary/aromatic N) is 5. The maximum Gasteiger partial charge on any atom is 0.227 e. The van der Waals surface area contributed by atoms with E-state index < -0.39 is 0 Å². The molecule has 0 aliphatic heterocycles. The fourth-order valence-electron chi connectivity index (χ4n) is 7.12. The molecular formula is C46H29N5O. The van der Waals surface area contributed by atoms with Gasteiger partial charge in [0, 0.05) is 52.6 Å². The van der Waals surface area contributed by atoms with Gasteiger partial charge in [-0.25, -0.2) is 9.97 Å². The van der Waals surface area contributed by atoms with Gasteiger partial charge in [-0.1, -0.05) is 72.8 Å². The molecule has 0 saturated heterocycles. The normalized spacial score (nSPS) is 11.5. The quantitative estimate of drug-likeness (QED) is 0.176. The van der Waals surface area contributed by atoms with Crippen LogP contribution in [0, 0.1) is 0 Å². The summed E-state index contributed by atoms with van der Waals surface area (Å²) in [6, 6.07) is 52.4. The summed E-state index contributed by atoms with van der Waals surface area (Å²) in [7, 11) is 0. The van der Waals surface area contributed by atoms with E-state index in [4.69, 9.17) is 14.4 Å². The third-order valence-electron chi connectivity index (χ3n) is 9.67. The van der Waals surface area contributed by atoms with Gasteiger partial charge in [0.1, 0.15) is 5.52 Å². The van der Waals surface area contributed by atoms with Crippen molar-refractivity contribution in [1.82, 2.24) is 24.5 Å². The lowest BCUT2D eigenvalue weighted by molar-refractivity contribution is 0.623. The molecule has 10 aromatic rings. The zero-order chi connectivity index (χ0) is 34.4. The van der Waals surface area contributed by atoms with Crippen LogP contribution in [-0.2, 0) is 0 Å². The second-order valence-corrected chi connectivity index (χ2v) is 12.8. The minimum Gasteiger partial charge on any atom is -0.435 e. The summed E-state index contributed by atoms with van der Waals surface area (Å²) in [5, 5.41) is 2.17. The molecule has 0 radical (unpaired) electrons. The summed E-state index contributed by atoms with van der Waals surface area (Å²) < 4.78 is 8.79. The van der Waals surface area contributed by atoms with Crippen LogP contribution in [0.2, 0.25) is 0 Å². The first-order valence-corrected chi connectivity index (χ1v) is 17.2. The smallest absolute Gasteiger partial charge is 0.227 e. The Hall–Kier alpha value is -7.18. The molecule has 0 fully saturated rings. The van der Waals surface area contributed by atoms with Crippen molar-refractivity contribution in [2.75, 3.05) is 0 Å². The number of hydrogen-bond acceptors (Lipinski definition) is 5. The average Bonchev–Trinajstić information content (AvgIpc) is 3.82. The molecule has 0 aliphatic rings. The van der Waals surface area contributed by atoms with Crippen LogP contribution in [0.15, 0.2) is 181 Å². The third kappa shape index (κ3) is 5.13. The highest BCUT2D eigenvalue weighted by Crippen LogP contribution is 2.39. The molecule has 0 saturated carbocycles. The number of aromatic nitrogens is 5. The predicted octanol–water partition coefficient (Wildman–Crippen LogP) is 11.4. The highest BCUT2D eigenvalue weighted by atomic mass is 16.3. The lowest BCUT2D eigenvalue weighted by Crippen LogP contribution is -1.95. The van der Waals surface area contributed by atoms with Crippen LogP contribution >= 0.6 is 0 Å². The molecule has 5 heterocycles. The molecule has 0 atom stereocenters. The van der Waals surface area contributed by atoms with E-state index in [9.17, 15) is 0 Å². The molecule has 0 amide bonds. The number of pyridine rings is 3. The fraction of sp³-hybridized carbons (Fsp3) is 0. The molecule has 10 rings (SSSR count). The molecule has 5 aromatic heterocycles. The van der Waals surface area contributed by atoms with Gasteiger partial charge in [-0.15, -0.1) is 0 Å². The van der Waals surface area contributed by atoms with Gasteiger partial charge in [0.05, 0.1) is 27.8 Å². The van der Waals surface area contributed by atoms with Crippen LogP contribution < -0.4 is 0 Å². The van der Waals surface area contributed by atoms with Crippen molar-refractivity contribution in [3.8, 4) is 61.9 Å². The summed E-state index contributed by atoms with van der Waals surface area (Å²) in [4.78, 5) is 18.4. The third-order valence-corrected chi connectivity index (χ3v) is 9.67. The van der Waals surface area contributed by atoms with E-state index in [1.165, 1.54) is 0 Å². The van der Waals surface area contributed by atoms with E-state index in [1.807, 2.05) is 79.4 Å². The van der Waals surface area contributed by atoms with Gasteiger partial charge in [-0.2, -0.15) is 0 Å². The highest BCUT2D eigenvalue weighted by Gasteiger charge is 2.19. The molecule has 0 N–H and O–H groups in total. The maximum absolute atomic E-state index is 6.49. The summed E-state index contributed by atoms with van der Waals surface area (Å²) in [6.07, 6.45) is 7.26. The van der Waals surface area contributed by atoms with Gasteiger partial charge in [0.2, 0.25) is 5.89 Å². The molecule has 0 aliphatic carbocycles. The fourth-order valence-corrected chi connectivity index (χ4v) is 7.12. The summed E-state index contributed by atoms with van der Waals surface area (Å²) in [5.41, 5.74) is 14.1. The van der Waals surface area contributed by atoms with Crippen LogP contribution in [0.3, 0.4) is 0 Å². The standard InChI is InChI=1S/C46H29N5O/c1-2-6-35(7-3-1)46-50-39-18-19-43-44(45(39)52-46)38-8-4-5-9-42(38)51(43)37-16-14-33(15-17-37)40-28-36(29-41(49-40)34-22-26-48-27-23-34)31-12-10-30(11-13-31)32-20-24-47-25-21-32/h1-29H. The van der Waals surface area contributed by atoms with Crippen molar-refractivity contribution >= 4 is 32.9 Å². The van der Waals surface area contributed by atoms with Crippen molar-refractivity contribution in [2.24, 2.45) is 0 Å². The molecule has 0 spiro atoms. The number of fused-ring (bicyclic) bond motifs is 5. The Morgan fingerprint density at radius 1 is 0.423 bits per heavy atom. The Labute approximate surface area is 299 Å². The van der Waals surface area contributed by atoms with E-state index in [-0.39, 0.29) is 0 Å². The summed E-state index contributed by atoms with van der Waals surface area (Å²) >= 11 is 0. The molecule has 6 heteroatoms. The Bertz CT molecular complexity index is 2860. The molecule has 244 valence electrons. The van der Waals surface area contributed by atoms with Gasteiger partial charge in [-0.3, -0.25) is 9.97 Å². The Kier molecular flexibility index (Phi) is 7.03. The van der Waals surface area contributed by atoms with Crippen LogP contribution in [0.4, 0.5) is 0 Å². The van der Waals surface area contributed by atoms with E-state index in [0.29, 0.717) is 5.89 Å². The number of rotatable bonds is 6. The Balaban J connectivity index is 1.07. The minimum atomic E-state index is 0.620. The van der Waals surface area contributed by atoms with E-state index in [2.05, 4.69) is 112 Å². The van der Waals surface area contributed by atoms with Gasteiger partial charge in [0.15, 0.2) is 5.58 Å². The van der Waals surface area contributed by atoms with Crippen molar-refractivity contribution in [3.05, 3.63) is 176 Å². The predicted molar refractivity (Wildman–Crippen MR) is 209 cm³/mol. The number of oxazole rings is 1. The molecular weight excluding hydrogens is 639 g/mol. The van der Waals surface area contributed by atoms with Gasteiger partial charge in [-0.05, 0) is 101 Å². The first-order valence-electron chi connectivity index (χ1n) is 17.2. The van der Waals surface area contributed by atoms with Gasteiger partial charge >= 0.3 is 0 Å². The Morgan fingerprint density at radius 2 is 1.00 bits per heavy atom. The van der Waals surface area contributed by atoms with Gasteiger partial charge < -0.3 is 8.98 Å². The second-order valence-electron chi connectivity index (χ2n) is 12.8. The van der Waals surface area contributed by atoms with Crippen LogP contribution in [0.5, 0.6) is 0 Å². The largest absolute Gasteiger partial charge is 0.435 e. The zero-order valence-electron chi connectivity index (χ0n) is 27.9. The van der Waals surface area contributed by atoms with Gasteiger partial charge in [0.25, 0.3) is 0 Å². The van der Waals surface area contributed by atoms with E-state index >= 15 is 0 Å². The monoisotopic (exact) mass is 667 g/mol. The molecule has 0 bridgehead atoms. The first kappa shape index (κ1) is 29.7. The van der Waals surface area contributed by atoms with Crippen LogP contribution in [-0.4, -0.2) is 24.5 Å². The van der Waals surface area contributed by atoms with Crippen molar-refractivity contribution in [3.63, 3.8) is 0 Å². The number of benzene rings is 5. The SMILES string of the molecule is c1ccc(-c2nc3ccc4c(c5ccccc5n4-c4ccc(-c5cc(-c6ccc(-c7ccncc7)cc6)cc(-c6ccncc6)n5)cc4)c3o2)cc1. The first-order chi connectivity index (χ1) is 25.8. The molecule has 52 heavy (non-hydrogen) atoms. The van der Waals surface area contributed by atoms with E-state index in [0.717, 1.165) is 88.9 Å². The maximum atomic E-state index is 6.49. The summed E-state index contributed by atoms with van der Waals surface area (Å²) in [6.45, 7) is 0. The topological polar surface area (TPSA) is 69.6 Å². The van der Waals surface area contributed by atoms with E-state index in [1.54, 1.807) is 0 Å². The number of para-hydroxylation sites is 1. The second kappa shape index (κ2) is 12.3. The zero-order valence-corrected chi connectivity index (χ0v) is 27.9. The van der Waals surface area contributed by atoms with Crippen molar-refractivity contribution in [1.29, 1.82) is 0 Å². The average molecular weight is 668 g/mol. The van der Waals surface area contributed by atoms with Crippen LogP contribution in [0.1, 0.15) is 0 Å². The number of hydrogen-bond donors (Lipinski definition) is 0. The molecule has 6 nitrogen and oxygen atoms in total.